The van der Waals surface area contributed by atoms with E-state index in [1.165, 1.54) is 16.9 Å². The third kappa shape index (κ3) is 11.0. The predicted octanol–water partition coefficient (Wildman–Crippen LogP) is 2.12. The van der Waals surface area contributed by atoms with Crippen molar-refractivity contribution in [1.82, 2.24) is 26.3 Å². The minimum Gasteiger partial charge on any atom is -0.444 e. The second-order valence-corrected chi connectivity index (χ2v) is 7.31. The molecule has 4 N–H and O–H groups in total. The van der Waals surface area contributed by atoms with Gasteiger partial charge in [-0.2, -0.15) is 0 Å². The lowest BCUT2D eigenvalue weighted by molar-refractivity contribution is 0.140. The fourth-order valence-corrected chi connectivity index (χ4v) is 3.02. The number of ether oxygens (including phenoxy) is 1. The van der Waals surface area contributed by atoms with Gasteiger partial charge in [0.25, 0.3) is 0 Å². The number of carbonyl (C=O) groups excluding carboxylic acids is 1. The van der Waals surface area contributed by atoms with E-state index in [9.17, 15) is 4.79 Å². The van der Waals surface area contributed by atoms with Gasteiger partial charge in [-0.05, 0) is 31.4 Å². The van der Waals surface area contributed by atoms with E-state index in [2.05, 4.69) is 50.5 Å². The Morgan fingerprint density at radius 3 is 2.57 bits per heavy atom. The molecule has 1 aromatic carbocycles. The van der Waals surface area contributed by atoms with Crippen LogP contribution in [0.1, 0.15) is 23.3 Å². The van der Waals surface area contributed by atoms with Gasteiger partial charge in [-0.1, -0.05) is 30.3 Å². The van der Waals surface area contributed by atoms with Crippen molar-refractivity contribution in [2.45, 2.75) is 25.9 Å². The molecule has 28 heavy (non-hydrogen) atoms. The van der Waals surface area contributed by atoms with Crippen LogP contribution in [0.4, 0.5) is 4.79 Å². The molecule has 0 aliphatic rings. The summed E-state index contributed by atoms with van der Waals surface area (Å²) in [6.07, 6.45) is 4.33. The van der Waals surface area contributed by atoms with Gasteiger partial charge in [0.2, 0.25) is 0 Å². The number of hydrogen-bond donors (Lipinski definition) is 4. The van der Waals surface area contributed by atoms with E-state index in [-0.39, 0.29) is 12.7 Å². The summed E-state index contributed by atoms with van der Waals surface area (Å²) in [5.41, 5.74) is 3.08. The summed E-state index contributed by atoms with van der Waals surface area (Å²) in [7, 11) is 0. The molecule has 154 valence electrons. The third-order valence-electron chi connectivity index (χ3n) is 4.04. The van der Waals surface area contributed by atoms with Crippen LogP contribution < -0.4 is 21.3 Å². The standard InChI is InChI=1S/C20H31N5O2S/c26-20(27-15-19-14-24-17-28-19)25-10-5-4-9-21-12-13-23-16-22-11-8-18-6-2-1-3-7-18/h1-3,6-7,14,17,21-23H,4-5,8-13,15-16H2,(H,25,26). The Morgan fingerprint density at radius 1 is 0.964 bits per heavy atom. The van der Waals surface area contributed by atoms with E-state index < -0.39 is 0 Å². The number of hydrogen-bond acceptors (Lipinski definition) is 7. The molecule has 1 heterocycles. The minimum absolute atomic E-state index is 0.284. The van der Waals surface area contributed by atoms with Crippen LogP contribution in [0.25, 0.3) is 0 Å². The molecule has 0 atom stereocenters. The van der Waals surface area contributed by atoms with Crippen molar-refractivity contribution < 1.29 is 9.53 Å². The fourth-order valence-electron chi connectivity index (χ4n) is 2.51. The van der Waals surface area contributed by atoms with Crippen molar-refractivity contribution in [2.24, 2.45) is 0 Å². The maximum absolute atomic E-state index is 11.5. The molecule has 0 saturated heterocycles. The molecule has 0 fully saturated rings. The molecule has 0 radical (unpaired) electrons. The molecule has 2 rings (SSSR count). The Kier molecular flexibility index (Phi) is 11.9. The number of amides is 1. The van der Waals surface area contributed by atoms with Crippen LogP contribution in [0.15, 0.2) is 42.0 Å². The van der Waals surface area contributed by atoms with Crippen molar-refractivity contribution in [3.05, 3.63) is 52.5 Å². The van der Waals surface area contributed by atoms with Crippen LogP contribution in [0.3, 0.4) is 0 Å². The summed E-state index contributed by atoms with van der Waals surface area (Å²) >= 11 is 1.48. The van der Waals surface area contributed by atoms with Crippen LogP contribution in [-0.4, -0.2) is 50.5 Å². The van der Waals surface area contributed by atoms with E-state index in [4.69, 9.17) is 4.74 Å². The van der Waals surface area contributed by atoms with Gasteiger partial charge in [0.15, 0.2) is 0 Å². The Labute approximate surface area is 171 Å². The maximum Gasteiger partial charge on any atom is 0.407 e. The van der Waals surface area contributed by atoms with E-state index in [1.54, 1.807) is 11.7 Å². The Hall–Kier alpha value is -2.00. The van der Waals surface area contributed by atoms with E-state index in [0.29, 0.717) is 6.54 Å². The largest absolute Gasteiger partial charge is 0.444 e. The van der Waals surface area contributed by atoms with Gasteiger partial charge in [-0.3, -0.25) is 4.98 Å². The number of thiazole rings is 1. The first kappa shape index (κ1) is 22.3. The molecule has 0 aliphatic carbocycles. The second kappa shape index (κ2) is 15.0. The van der Waals surface area contributed by atoms with E-state index in [0.717, 1.165) is 57.0 Å². The zero-order valence-corrected chi connectivity index (χ0v) is 17.1. The van der Waals surface area contributed by atoms with Crippen molar-refractivity contribution in [3.8, 4) is 0 Å². The van der Waals surface area contributed by atoms with E-state index in [1.807, 2.05) is 6.07 Å². The molecule has 2 aromatic rings. The quantitative estimate of drug-likeness (QED) is 0.268. The molecular formula is C20H31N5O2S. The van der Waals surface area contributed by atoms with Crippen LogP contribution in [0.5, 0.6) is 0 Å². The lowest BCUT2D eigenvalue weighted by atomic mass is 10.1. The zero-order valence-electron chi connectivity index (χ0n) is 16.3. The molecule has 0 saturated carbocycles. The zero-order chi connectivity index (χ0) is 19.7. The second-order valence-electron chi connectivity index (χ2n) is 6.34. The predicted molar refractivity (Wildman–Crippen MR) is 113 cm³/mol. The highest BCUT2D eigenvalue weighted by Crippen LogP contribution is 2.06. The smallest absolute Gasteiger partial charge is 0.407 e. The summed E-state index contributed by atoms with van der Waals surface area (Å²) in [6.45, 7) is 5.52. The van der Waals surface area contributed by atoms with Crippen LogP contribution in [0.2, 0.25) is 0 Å². The van der Waals surface area contributed by atoms with Crippen LogP contribution >= 0.6 is 11.3 Å². The van der Waals surface area contributed by atoms with Crippen molar-refractivity contribution in [3.63, 3.8) is 0 Å². The average molecular weight is 406 g/mol. The molecule has 0 bridgehead atoms. The van der Waals surface area contributed by atoms with Crippen molar-refractivity contribution >= 4 is 17.4 Å². The average Bonchev–Trinajstić information content (AvgIpc) is 3.24. The summed E-state index contributed by atoms with van der Waals surface area (Å²) in [5.74, 6) is 0. The SMILES string of the molecule is O=C(NCCCCNCCNCNCCc1ccccc1)OCc1cncs1. The van der Waals surface area contributed by atoms with Crippen LogP contribution in [-0.2, 0) is 17.8 Å². The number of carbonyl (C=O) groups is 1. The minimum atomic E-state index is -0.370. The monoisotopic (exact) mass is 405 g/mol. The highest BCUT2D eigenvalue weighted by atomic mass is 32.1. The van der Waals surface area contributed by atoms with Gasteiger partial charge < -0.3 is 26.0 Å². The molecule has 7 nitrogen and oxygen atoms in total. The normalized spacial score (nSPS) is 10.7. The van der Waals surface area contributed by atoms with Gasteiger partial charge in [-0.15, -0.1) is 11.3 Å². The first-order chi connectivity index (χ1) is 13.8. The summed E-state index contributed by atoms with van der Waals surface area (Å²) < 4.78 is 5.10. The number of aromatic nitrogens is 1. The Bertz CT molecular complexity index is 625. The summed E-state index contributed by atoms with van der Waals surface area (Å²) in [5, 5.41) is 12.9. The number of rotatable bonds is 15. The maximum atomic E-state index is 11.5. The van der Waals surface area contributed by atoms with Gasteiger partial charge >= 0.3 is 6.09 Å². The van der Waals surface area contributed by atoms with Gasteiger partial charge in [-0.25, -0.2) is 4.79 Å². The highest BCUT2D eigenvalue weighted by molar-refractivity contribution is 7.09. The Morgan fingerprint density at radius 2 is 1.75 bits per heavy atom. The van der Waals surface area contributed by atoms with Gasteiger partial charge in [0.1, 0.15) is 6.61 Å². The summed E-state index contributed by atoms with van der Waals surface area (Å²) in [4.78, 5) is 16.4. The molecule has 8 heteroatoms. The first-order valence-electron chi connectivity index (χ1n) is 9.78. The topological polar surface area (TPSA) is 87.3 Å². The van der Waals surface area contributed by atoms with Crippen molar-refractivity contribution in [2.75, 3.05) is 39.4 Å². The lowest BCUT2D eigenvalue weighted by Crippen LogP contribution is -2.35. The Balaban J connectivity index is 1.28. The molecular weight excluding hydrogens is 374 g/mol. The van der Waals surface area contributed by atoms with Gasteiger partial charge in [0.05, 0.1) is 10.4 Å². The lowest BCUT2D eigenvalue weighted by Gasteiger charge is -2.09. The highest BCUT2D eigenvalue weighted by Gasteiger charge is 2.02. The van der Waals surface area contributed by atoms with E-state index >= 15 is 0 Å². The van der Waals surface area contributed by atoms with Crippen LogP contribution in [0, 0.1) is 0 Å². The molecule has 1 aromatic heterocycles. The first-order valence-corrected chi connectivity index (χ1v) is 10.7. The molecule has 0 unspecified atom stereocenters. The van der Waals surface area contributed by atoms with Gasteiger partial charge in [0, 0.05) is 39.0 Å². The third-order valence-corrected chi connectivity index (χ3v) is 4.79. The molecule has 0 aliphatic heterocycles. The number of unbranched alkanes of at least 4 members (excludes halogenated alkanes) is 1. The summed E-state index contributed by atoms with van der Waals surface area (Å²) in [6, 6.07) is 10.5. The number of nitrogens with one attached hydrogen (secondary N) is 4. The number of benzene rings is 1. The number of nitrogens with zero attached hydrogens (tertiary/aromatic N) is 1. The fraction of sp³-hybridized carbons (Fsp3) is 0.500. The van der Waals surface area contributed by atoms with Crippen molar-refractivity contribution in [1.29, 1.82) is 0 Å². The molecule has 1 amide bonds. The number of alkyl carbamates (subject to hydrolysis) is 1. The molecule has 0 spiro atoms.